The van der Waals surface area contributed by atoms with E-state index in [1.54, 1.807) is 7.05 Å². The highest BCUT2D eigenvalue weighted by Crippen LogP contribution is 2.21. The lowest BCUT2D eigenvalue weighted by molar-refractivity contribution is -0.229. The monoisotopic (exact) mass is 133 g/mol. The van der Waals surface area contributed by atoms with E-state index < -0.39 is 12.0 Å². The maximum absolute atomic E-state index is 8.95. The molecule has 1 aliphatic heterocycles. The van der Waals surface area contributed by atoms with E-state index in [0.29, 0.717) is 6.54 Å². The van der Waals surface area contributed by atoms with E-state index in [4.69, 9.17) is 15.3 Å². The fourth-order valence-corrected chi connectivity index (χ4v) is 0.945. The van der Waals surface area contributed by atoms with Gasteiger partial charge in [-0.2, -0.15) is 0 Å². The minimum absolute atomic E-state index is 0.213. The zero-order valence-electron chi connectivity index (χ0n) is 5.28. The van der Waals surface area contributed by atoms with Crippen LogP contribution in [0.5, 0.6) is 0 Å². The van der Waals surface area contributed by atoms with Crippen LogP contribution in [0, 0.1) is 0 Å². The fraction of sp³-hybridized carbons (Fsp3) is 1.00. The van der Waals surface area contributed by atoms with Crippen LogP contribution in [0.15, 0.2) is 0 Å². The molecule has 1 fully saturated rings. The van der Waals surface area contributed by atoms with Gasteiger partial charge in [-0.3, -0.25) is 4.90 Å². The third-order valence-corrected chi connectivity index (χ3v) is 1.66. The first-order valence-corrected chi connectivity index (χ1v) is 2.87. The topological polar surface area (TPSA) is 63.9 Å². The van der Waals surface area contributed by atoms with Gasteiger partial charge in [-0.05, 0) is 7.05 Å². The molecule has 1 saturated heterocycles. The van der Waals surface area contributed by atoms with E-state index in [1.807, 2.05) is 0 Å². The van der Waals surface area contributed by atoms with Crippen LogP contribution in [0.1, 0.15) is 6.42 Å². The number of hydrogen-bond donors (Lipinski definition) is 3. The average Bonchev–Trinajstić information content (AvgIpc) is 1.97. The standard InChI is InChI=1S/C5H11NO3/c1-6-3-2-5(8,9)4(6)7/h4,7-9H,2-3H2,1H3. The molecule has 1 rings (SSSR count). The summed E-state index contributed by atoms with van der Waals surface area (Å²) in [7, 11) is 1.64. The maximum Gasteiger partial charge on any atom is 0.204 e. The highest BCUT2D eigenvalue weighted by molar-refractivity contribution is 4.82. The van der Waals surface area contributed by atoms with Crippen molar-refractivity contribution >= 4 is 0 Å². The first kappa shape index (κ1) is 6.95. The van der Waals surface area contributed by atoms with Crippen molar-refractivity contribution in [3.05, 3.63) is 0 Å². The van der Waals surface area contributed by atoms with Crippen molar-refractivity contribution in [1.82, 2.24) is 4.90 Å². The van der Waals surface area contributed by atoms with Gasteiger partial charge in [0.15, 0.2) is 6.23 Å². The molecule has 0 amide bonds. The molecular weight excluding hydrogens is 122 g/mol. The number of aliphatic hydroxyl groups is 3. The molecule has 1 heterocycles. The summed E-state index contributed by atoms with van der Waals surface area (Å²) in [6, 6.07) is 0. The van der Waals surface area contributed by atoms with Crippen LogP contribution >= 0.6 is 0 Å². The van der Waals surface area contributed by atoms with Crippen molar-refractivity contribution in [2.45, 2.75) is 18.4 Å². The van der Waals surface area contributed by atoms with E-state index >= 15 is 0 Å². The van der Waals surface area contributed by atoms with Gasteiger partial charge >= 0.3 is 0 Å². The molecule has 0 radical (unpaired) electrons. The summed E-state index contributed by atoms with van der Waals surface area (Å²) < 4.78 is 0. The summed E-state index contributed by atoms with van der Waals surface area (Å²) in [4.78, 5) is 1.49. The van der Waals surface area contributed by atoms with E-state index in [9.17, 15) is 0 Å². The van der Waals surface area contributed by atoms with Crippen molar-refractivity contribution in [3.8, 4) is 0 Å². The van der Waals surface area contributed by atoms with Crippen molar-refractivity contribution in [2.75, 3.05) is 13.6 Å². The third kappa shape index (κ3) is 1.07. The molecule has 4 nitrogen and oxygen atoms in total. The summed E-state index contributed by atoms with van der Waals surface area (Å²) in [5.41, 5.74) is 0. The van der Waals surface area contributed by atoms with Crippen LogP contribution < -0.4 is 0 Å². The zero-order valence-corrected chi connectivity index (χ0v) is 5.28. The predicted octanol–water partition coefficient (Wildman–Crippen LogP) is -1.68. The Bertz CT molecular complexity index is 115. The van der Waals surface area contributed by atoms with E-state index in [2.05, 4.69) is 0 Å². The Morgan fingerprint density at radius 3 is 2.22 bits per heavy atom. The number of aliphatic hydroxyl groups excluding tert-OH is 1. The number of likely N-dealkylation sites (N-methyl/N-ethyl adjacent to an activating group) is 1. The molecule has 4 heteroatoms. The normalized spacial score (nSPS) is 35.3. The first-order valence-electron chi connectivity index (χ1n) is 2.87. The van der Waals surface area contributed by atoms with Gasteiger partial charge in [-0.25, -0.2) is 0 Å². The Morgan fingerprint density at radius 1 is 1.56 bits per heavy atom. The van der Waals surface area contributed by atoms with Crippen LogP contribution in [0.4, 0.5) is 0 Å². The minimum atomic E-state index is -1.89. The number of likely N-dealkylation sites (tertiary alicyclic amines) is 1. The molecule has 0 aromatic carbocycles. The molecular formula is C5H11NO3. The molecule has 1 unspecified atom stereocenters. The van der Waals surface area contributed by atoms with Crippen LogP contribution in [0.25, 0.3) is 0 Å². The predicted molar refractivity (Wildman–Crippen MR) is 30.4 cm³/mol. The van der Waals surface area contributed by atoms with Crippen LogP contribution in [0.2, 0.25) is 0 Å². The van der Waals surface area contributed by atoms with Crippen molar-refractivity contribution in [3.63, 3.8) is 0 Å². The van der Waals surface area contributed by atoms with Crippen molar-refractivity contribution < 1.29 is 15.3 Å². The Kier molecular flexibility index (Phi) is 1.48. The van der Waals surface area contributed by atoms with Gasteiger partial charge in [-0.1, -0.05) is 0 Å². The molecule has 54 valence electrons. The van der Waals surface area contributed by atoms with Crippen LogP contribution in [0.3, 0.4) is 0 Å². The summed E-state index contributed by atoms with van der Waals surface area (Å²) in [6.07, 6.45) is -0.914. The van der Waals surface area contributed by atoms with Gasteiger partial charge in [0, 0.05) is 13.0 Å². The van der Waals surface area contributed by atoms with Gasteiger partial charge in [-0.15, -0.1) is 0 Å². The Labute approximate surface area is 53.3 Å². The first-order chi connectivity index (χ1) is 4.04. The van der Waals surface area contributed by atoms with Gasteiger partial charge in [0.05, 0.1) is 0 Å². The van der Waals surface area contributed by atoms with E-state index in [0.717, 1.165) is 0 Å². The lowest BCUT2D eigenvalue weighted by atomic mass is 10.2. The Morgan fingerprint density at radius 2 is 2.11 bits per heavy atom. The zero-order chi connectivity index (χ0) is 7.07. The molecule has 0 bridgehead atoms. The number of nitrogens with zero attached hydrogens (tertiary/aromatic N) is 1. The summed E-state index contributed by atoms with van der Waals surface area (Å²) in [5.74, 6) is -1.89. The lowest BCUT2D eigenvalue weighted by Crippen LogP contribution is -2.42. The average molecular weight is 133 g/mol. The highest BCUT2D eigenvalue weighted by atomic mass is 16.5. The second kappa shape index (κ2) is 1.91. The summed E-state index contributed by atoms with van der Waals surface area (Å²) >= 11 is 0. The van der Waals surface area contributed by atoms with Crippen molar-refractivity contribution in [1.29, 1.82) is 0 Å². The van der Waals surface area contributed by atoms with Gasteiger partial charge in [0.2, 0.25) is 5.79 Å². The summed E-state index contributed by atoms with van der Waals surface area (Å²) in [6.45, 7) is 0.522. The SMILES string of the molecule is CN1CCC(O)(O)C1O. The highest BCUT2D eigenvalue weighted by Gasteiger charge is 2.41. The molecule has 1 atom stereocenters. The summed E-state index contributed by atoms with van der Waals surface area (Å²) in [5, 5.41) is 26.7. The minimum Gasteiger partial charge on any atom is -0.373 e. The second-order valence-electron chi connectivity index (χ2n) is 2.48. The fourth-order valence-electron chi connectivity index (χ4n) is 0.945. The number of hydrogen-bond acceptors (Lipinski definition) is 4. The van der Waals surface area contributed by atoms with Gasteiger partial charge in [0.25, 0.3) is 0 Å². The lowest BCUT2D eigenvalue weighted by Gasteiger charge is -2.21. The quantitative estimate of drug-likeness (QED) is 0.345. The largest absolute Gasteiger partial charge is 0.373 e. The van der Waals surface area contributed by atoms with Crippen LogP contribution in [-0.2, 0) is 0 Å². The molecule has 0 spiro atoms. The molecule has 0 saturated carbocycles. The molecule has 3 N–H and O–H groups in total. The molecule has 0 aromatic heterocycles. The second-order valence-corrected chi connectivity index (χ2v) is 2.48. The Balaban J connectivity index is 2.62. The molecule has 0 aromatic rings. The van der Waals surface area contributed by atoms with Crippen LogP contribution in [-0.4, -0.2) is 45.8 Å². The molecule has 1 aliphatic rings. The van der Waals surface area contributed by atoms with Gasteiger partial charge < -0.3 is 15.3 Å². The molecule has 9 heavy (non-hydrogen) atoms. The number of rotatable bonds is 0. The third-order valence-electron chi connectivity index (χ3n) is 1.66. The van der Waals surface area contributed by atoms with Gasteiger partial charge in [0.1, 0.15) is 0 Å². The maximum atomic E-state index is 8.95. The van der Waals surface area contributed by atoms with E-state index in [-0.39, 0.29) is 6.42 Å². The smallest absolute Gasteiger partial charge is 0.204 e. The molecule has 0 aliphatic carbocycles. The Hall–Kier alpha value is -0.160. The van der Waals surface area contributed by atoms with E-state index in [1.165, 1.54) is 4.90 Å². The van der Waals surface area contributed by atoms with Crippen molar-refractivity contribution in [2.24, 2.45) is 0 Å².